The SMILES string of the molecule is Cc1nc([C@H]2CC3CSC(N)=NC3(c3ccc(F)cc3F)CO2)co1. The van der Waals surface area contributed by atoms with Gasteiger partial charge in [0.1, 0.15) is 35.2 Å². The average Bonchev–Trinajstić information content (AvgIpc) is 3.00. The number of rotatable bonds is 2. The van der Waals surface area contributed by atoms with Crippen LogP contribution in [-0.4, -0.2) is 22.5 Å². The second-order valence-corrected chi connectivity index (χ2v) is 7.37. The van der Waals surface area contributed by atoms with E-state index in [2.05, 4.69) is 9.98 Å². The van der Waals surface area contributed by atoms with Crippen molar-refractivity contribution in [3.63, 3.8) is 0 Å². The lowest BCUT2D eigenvalue weighted by Gasteiger charge is -2.46. The van der Waals surface area contributed by atoms with Gasteiger partial charge >= 0.3 is 0 Å². The molecule has 2 aliphatic heterocycles. The topological polar surface area (TPSA) is 73.6 Å². The Bertz CT molecular complexity index is 841. The molecule has 8 heteroatoms. The van der Waals surface area contributed by atoms with Gasteiger partial charge in [0.05, 0.1) is 6.61 Å². The Hall–Kier alpha value is -1.93. The number of hydrogen-bond acceptors (Lipinski definition) is 6. The van der Waals surface area contributed by atoms with Crippen molar-refractivity contribution in [3.8, 4) is 0 Å². The summed E-state index contributed by atoms with van der Waals surface area (Å²) in [6.07, 6.45) is 1.94. The number of ether oxygens (including phenoxy) is 1. The third-order valence-corrected chi connectivity index (χ3v) is 5.74. The van der Waals surface area contributed by atoms with Crippen LogP contribution in [0.2, 0.25) is 0 Å². The highest BCUT2D eigenvalue weighted by atomic mass is 32.2. The monoisotopic (exact) mass is 365 g/mol. The summed E-state index contributed by atoms with van der Waals surface area (Å²) < 4.78 is 39.1. The number of aryl methyl sites for hydroxylation is 1. The molecule has 2 aliphatic rings. The molecule has 0 aliphatic carbocycles. The fourth-order valence-corrected chi connectivity index (χ4v) is 4.56. The van der Waals surface area contributed by atoms with Crippen LogP contribution in [0.25, 0.3) is 0 Å². The molecule has 25 heavy (non-hydrogen) atoms. The normalized spacial score (nSPS) is 29.2. The minimum Gasteiger partial charge on any atom is -0.449 e. The maximum atomic E-state index is 14.5. The predicted molar refractivity (Wildman–Crippen MR) is 90.2 cm³/mol. The van der Waals surface area contributed by atoms with E-state index >= 15 is 0 Å². The Kier molecular flexibility index (Phi) is 4.04. The summed E-state index contributed by atoms with van der Waals surface area (Å²) in [6, 6.07) is 3.56. The number of hydrogen-bond donors (Lipinski definition) is 1. The zero-order valence-electron chi connectivity index (χ0n) is 13.5. The largest absolute Gasteiger partial charge is 0.449 e. The minimum absolute atomic E-state index is 0.0134. The van der Waals surface area contributed by atoms with Gasteiger partial charge in [0.25, 0.3) is 0 Å². The molecule has 3 atom stereocenters. The Balaban J connectivity index is 1.73. The molecule has 1 aromatic heterocycles. The number of aromatic nitrogens is 1. The van der Waals surface area contributed by atoms with E-state index in [0.29, 0.717) is 28.8 Å². The quantitative estimate of drug-likeness (QED) is 0.884. The van der Waals surface area contributed by atoms with Crippen molar-refractivity contribution in [1.29, 1.82) is 0 Å². The Morgan fingerprint density at radius 2 is 2.20 bits per heavy atom. The molecule has 3 heterocycles. The molecule has 1 aromatic carbocycles. The van der Waals surface area contributed by atoms with Gasteiger partial charge in [-0.2, -0.15) is 0 Å². The summed E-state index contributed by atoms with van der Waals surface area (Å²) in [5.41, 5.74) is 6.02. The van der Waals surface area contributed by atoms with E-state index in [9.17, 15) is 8.78 Å². The number of halogens is 2. The molecule has 132 valence electrons. The molecule has 1 saturated heterocycles. The van der Waals surface area contributed by atoms with Crippen molar-refractivity contribution in [2.24, 2.45) is 16.6 Å². The first-order valence-corrected chi connectivity index (χ1v) is 8.94. The standard InChI is InChI=1S/C17H17F2N3O2S/c1-9-21-14(6-23-9)15-4-10-7-25-16(20)22-17(10,8-24-15)12-3-2-11(18)5-13(12)19/h2-3,5-6,10,15H,4,7-8H2,1H3,(H2,20,22)/t10?,15-,17?/m1/s1. The Morgan fingerprint density at radius 3 is 2.92 bits per heavy atom. The molecule has 4 rings (SSSR count). The first kappa shape index (κ1) is 16.5. The van der Waals surface area contributed by atoms with Gasteiger partial charge in [0.2, 0.25) is 0 Å². The molecule has 0 amide bonds. The lowest BCUT2D eigenvalue weighted by molar-refractivity contribution is -0.0606. The fraction of sp³-hybridized carbons (Fsp3) is 0.412. The number of aliphatic imine (C=N–C) groups is 1. The Labute approximate surface area is 147 Å². The van der Waals surface area contributed by atoms with Crippen LogP contribution in [-0.2, 0) is 10.3 Å². The number of amidine groups is 1. The molecule has 0 radical (unpaired) electrons. The van der Waals surface area contributed by atoms with E-state index in [1.54, 1.807) is 13.2 Å². The molecule has 0 bridgehead atoms. The van der Waals surface area contributed by atoms with E-state index in [0.717, 1.165) is 11.8 Å². The summed E-state index contributed by atoms with van der Waals surface area (Å²) in [4.78, 5) is 8.88. The number of nitrogens with two attached hydrogens (primary N) is 1. The summed E-state index contributed by atoms with van der Waals surface area (Å²) >= 11 is 1.44. The van der Waals surface area contributed by atoms with E-state index in [-0.39, 0.29) is 18.6 Å². The van der Waals surface area contributed by atoms with Gasteiger partial charge in [-0.25, -0.2) is 18.8 Å². The summed E-state index contributed by atoms with van der Waals surface area (Å²) in [6.45, 7) is 1.92. The Morgan fingerprint density at radius 1 is 1.36 bits per heavy atom. The zero-order valence-corrected chi connectivity index (χ0v) is 14.4. The van der Waals surface area contributed by atoms with Gasteiger partial charge in [-0.05, 0) is 12.5 Å². The second-order valence-electron chi connectivity index (χ2n) is 6.33. The van der Waals surface area contributed by atoms with Crippen molar-refractivity contribution < 1.29 is 17.9 Å². The smallest absolute Gasteiger partial charge is 0.191 e. The molecule has 2 aromatic rings. The number of benzene rings is 1. The molecule has 1 fully saturated rings. The molecular weight excluding hydrogens is 348 g/mol. The van der Waals surface area contributed by atoms with Crippen molar-refractivity contribution in [2.45, 2.75) is 25.0 Å². The summed E-state index contributed by atoms with van der Waals surface area (Å²) in [5.74, 6) is -0.0133. The lowest BCUT2D eigenvalue weighted by atomic mass is 9.74. The molecule has 2 unspecified atom stereocenters. The van der Waals surface area contributed by atoms with Gasteiger partial charge in [0.15, 0.2) is 11.1 Å². The van der Waals surface area contributed by atoms with Crippen molar-refractivity contribution in [3.05, 3.63) is 53.2 Å². The van der Waals surface area contributed by atoms with Crippen LogP contribution in [0, 0.1) is 24.5 Å². The van der Waals surface area contributed by atoms with Crippen LogP contribution >= 0.6 is 11.8 Å². The van der Waals surface area contributed by atoms with Crippen LogP contribution in [0.3, 0.4) is 0 Å². The number of fused-ring (bicyclic) bond motifs is 1. The number of oxazole rings is 1. The van der Waals surface area contributed by atoms with E-state index in [1.165, 1.54) is 23.9 Å². The van der Waals surface area contributed by atoms with Crippen LogP contribution in [0.1, 0.15) is 29.7 Å². The number of thioether (sulfide) groups is 1. The highest BCUT2D eigenvalue weighted by Crippen LogP contribution is 2.49. The summed E-state index contributed by atoms with van der Waals surface area (Å²) in [7, 11) is 0. The van der Waals surface area contributed by atoms with Gasteiger partial charge in [-0.1, -0.05) is 17.8 Å². The maximum Gasteiger partial charge on any atom is 0.191 e. The third-order valence-electron chi connectivity index (χ3n) is 4.78. The van der Waals surface area contributed by atoms with E-state index in [1.807, 2.05) is 0 Å². The minimum atomic E-state index is -0.942. The van der Waals surface area contributed by atoms with Crippen molar-refractivity contribution in [2.75, 3.05) is 12.4 Å². The average molecular weight is 365 g/mol. The zero-order chi connectivity index (χ0) is 17.6. The fourth-order valence-electron chi connectivity index (χ4n) is 3.54. The second kappa shape index (κ2) is 6.10. The lowest BCUT2D eigenvalue weighted by Crippen LogP contribution is -2.48. The third kappa shape index (κ3) is 2.83. The predicted octanol–water partition coefficient (Wildman–Crippen LogP) is 3.30. The van der Waals surface area contributed by atoms with Gasteiger partial charge < -0.3 is 14.9 Å². The van der Waals surface area contributed by atoms with Crippen LogP contribution in [0.5, 0.6) is 0 Å². The van der Waals surface area contributed by atoms with Gasteiger partial charge in [-0.3, -0.25) is 0 Å². The van der Waals surface area contributed by atoms with Crippen LogP contribution < -0.4 is 5.73 Å². The highest BCUT2D eigenvalue weighted by Gasteiger charge is 2.50. The summed E-state index contributed by atoms with van der Waals surface area (Å²) in [5, 5.41) is 0.388. The first-order chi connectivity index (χ1) is 12.0. The van der Waals surface area contributed by atoms with Crippen LogP contribution in [0.4, 0.5) is 8.78 Å². The van der Waals surface area contributed by atoms with Crippen molar-refractivity contribution >= 4 is 16.9 Å². The van der Waals surface area contributed by atoms with Crippen molar-refractivity contribution in [1.82, 2.24) is 4.98 Å². The first-order valence-electron chi connectivity index (χ1n) is 7.95. The molecule has 0 saturated carbocycles. The molecule has 5 nitrogen and oxygen atoms in total. The maximum absolute atomic E-state index is 14.5. The highest BCUT2D eigenvalue weighted by molar-refractivity contribution is 8.13. The molecular formula is C17H17F2N3O2S. The van der Waals surface area contributed by atoms with Gasteiger partial charge in [0, 0.05) is 30.2 Å². The van der Waals surface area contributed by atoms with E-state index in [4.69, 9.17) is 14.9 Å². The van der Waals surface area contributed by atoms with Crippen LogP contribution in [0.15, 0.2) is 33.9 Å². The molecule has 0 spiro atoms. The van der Waals surface area contributed by atoms with Gasteiger partial charge in [-0.15, -0.1) is 0 Å². The number of nitrogens with zero attached hydrogens (tertiary/aromatic N) is 2. The molecule has 2 N–H and O–H groups in total. The van der Waals surface area contributed by atoms with E-state index < -0.39 is 17.2 Å².